The summed E-state index contributed by atoms with van der Waals surface area (Å²) < 4.78 is 0. The number of terminal acetylenes is 1. The van der Waals surface area contributed by atoms with Crippen LogP contribution < -0.4 is 5.32 Å². The molecule has 0 spiro atoms. The van der Waals surface area contributed by atoms with Crippen LogP contribution >= 0.6 is 23.4 Å². The molecule has 2 aromatic rings. The van der Waals surface area contributed by atoms with Gasteiger partial charge in [0.15, 0.2) is 0 Å². The van der Waals surface area contributed by atoms with Gasteiger partial charge in [0.2, 0.25) is 5.91 Å². The van der Waals surface area contributed by atoms with Crippen molar-refractivity contribution in [2.75, 3.05) is 25.0 Å². The molecule has 1 fully saturated rings. The Morgan fingerprint density at radius 1 is 1.23 bits per heavy atom. The molecule has 1 saturated heterocycles. The second-order valence-corrected chi connectivity index (χ2v) is 7.83. The third kappa shape index (κ3) is 5.04. The quantitative estimate of drug-likeness (QED) is 0.753. The number of hydrogen-bond acceptors (Lipinski definition) is 3. The third-order valence-corrected chi connectivity index (χ3v) is 5.95. The number of piperidine rings is 1. The van der Waals surface area contributed by atoms with E-state index in [1.807, 2.05) is 48.5 Å². The summed E-state index contributed by atoms with van der Waals surface area (Å²) in [5.74, 6) is 2.75. The van der Waals surface area contributed by atoms with Crippen LogP contribution in [0.15, 0.2) is 58.3 Å². The van der Waals surface area contributed by atoms with Crippen molar-refractivity contribution in [3.05, 3.63) is 53.6 Å². The average Bonchev–Trinajstić information content (AvgIpc) is 2.66. The molecule has 0 aliphatic carbocycles. The topological polar surface area (TPSA) is 32.3 Å². The van der Waals surface area contributed by atoms with Crippen LogP contribution in [0.2, 0.25) is 5.02 Å². The molecule has 1 amide bonds. The summed E-state index contributed by atoms with van der Waals surface area (Å²) in [4.78, 5) is 16.8. The van der Waals surface area contributed by atoms with Crippen LogP contribution in [-0.4, -0.2) is 30.4 Å². The highest BCUT2D eigenvalue weighted by Gasteiger charge is 2.24. The first kappa shape index (κ1) is 18.8. The Balaban J connectivity index is 1.58. The molecule has 2 aromatic carbocycles. The molecule has 1 heterocycles. The van der Waals surface area contributed by atoms with E-state index in [2.05, 4.69) is 16.1 Å². The fourth-order valence-electron chi connectivity index (χ4n) is 3.00. The molecule has 1 N–H and O–H groups in total. The summed E-state index contributed by atoms with van der Waals surface area (Å²) in [6.07, 6.45) is 7.02. The fraction of sp³-hybridized carbons (Fsp3) is 0.286. The molecule has 1 aliphatic rings. The standard InChI is InChI=1S/C21H21ClN2OS/c1-2-12-24-13-10-16(11-14-24)21(25)23-17-8-9-20(19(22)15-17)26-18-6-4-3-5-7-18/h1,3-9,15-16H,10-14H2,(H,23,25). The predicted molar refractivity (Wildman–Crippen MR) is 109 cm³/mol. The van der Waals surface area contributed by atoms with Crippen molar-refractivity contribution in [1.82, 2.24) is 4.90 Å². The molecule has 3 nitrogen and oxygen atoms in total. The zero-order valence-electron chi connectivity index (χ0n) is 14.5. The summed E-state index contributed by atoms with van der Waals surface area (Å²) in [6.45, 7) is 2.40. The van der Waals surface area contributed by atoms with Crippen molar-refractivity contribution in [2.24, 2.45) is 5.92 Å². The highest BCUT2D eigenvalue weighted by molar-refractivity contribution is 7.99. The Bertz CT molecular complexity index is 795. The van der Waals surface area contributed by atoms with Gasteiger partial charge in [0.05, 0.1) is 11.6 Å². The van der Waals surface area contributed by atoms with Crippen molar-refractivity contribution in [3.63, 3.8) is 0 Å². The number of benzene rings is 2. The molecule has 26 heavy (non-hydrogen) atoms. The van der Waals surface area contributed by atoms with Crippen molar-refractivity contribution >= 4 is 35.0 Å². The Hall–Kier alpha value is -1.93. The van der Waals surface area contributed by atoms with E-state index in [1.165, 1.54) is 0 Å². The van der Waals surface area contributed by atoms with E-state index >= 15 is 0 Å². The van der Waals surface area contributed by atoms with Crippen LogP contribution in [0.1, 0.15) is 12.8 Å². The van der Waals surface area contributed by atoms with Crippen molar-refractivity contribution in [2.45, 2.75) is 22.6 Å². The fourth-order valence-corrected chi connectivity index (χ4v) is 4.14. The second kappa shape index (κ2) is 9.14. The predicted octanol–water partition coefficient (Wildman–Crippen LogP) is 4.77. The van der Waals surface area contributed by atoms with Crippen LogP contribution in [-0.2, 0) is 4.79 Å². The van der Waals surface area contributed by atoms with Gasteiger partial charge in [0, 0.05) is 21.4 Å². The number of amides is 1. The summed E-state index contributed by atoms with van der Waals surface area (Å²) in [5.41, 5.74) is 0.739. The summed E-state index contributed by atoms with van der Waals surface area (Å²) in [6, 6.07) is 15.7. The monoisotopic (exact) mass is 384 g/mol. The Morgan fingerprint density at radius 3 is 2.62 bits per heavy atom. The maximum absolute atomic E-state index is 12.5. The smallest absolute Gasteiger partial charge is 0.227 e. The first-order chi connectivity index (χ1) is 12.7. The van der Waals surface area contributed by atoms with Gasteiger partial charge in [-0.2, -0.15) is 0 Å². The van der Waals surface area contributed by atoms with E-state index in [-0.39, 0.29) is 11.8 Å². The molecule has 0 radical (unpaired) electrons. The lowest BCUT2D eigenvalue weighted by Crippen LogP contribution is -2.38. The lowest BCUT2D eigenvalue weighted by atomic mass is 9.96. The zero-order valence-corrected chi connectivity index (χ0v) is 16.0. The van der Waals surface area contributed by atoms with Gasteiger partial charge in [-0.3, -0.25) is 9.69 Å². The van der Waals surface area contributed by atoms with Gasteiger partial charge in [-0.25, -0.2) is 0 Å². The lowest BCUT2D eigenvalue weighted by Gasteiger charge is -2.29. The third-order valence-electron chi connectivity index (χ3n) is 4.44. The Kier molecular flexibility index (Phi) is 6.62. The molecule has 3 rings (SSSR count). The average molecular weight is 385 g/mol. The number of nitrogens with one attached hydrogen (secondary N) is 1. The molecule has 0 aromatic heterocycles. The van der Waals surface area contributed by atoms with E-state index in [0.29, 0.717) is 11.6 Å². The summed E-state index contributed by atoms with van der Waals surface area (Å²) in [7, 11) is 0. The minimum atomic E-state index is 0.0289. The number of halogens is 1. The van der Waals surface area contributed by atoms with Crippen molar-refractivity contribution < 1.29 is 4.79 Å². The highest BCUT2D eigenvalue weighted by Crippen LogP contribution is 2.34. The van der Waals surface area contributed by atoms with E-state index in [0.717, 1.165) is 41.4 Å². The number of hydrogen-bond donors (Lipinski definition) is 1. The van der Waals surface area contributed by atoms with Gasteiger partial charge < -0.3 is 5.32 Å². The number of likely N-dealkylation sites (tertiary alicyclic amines) is 1. The maximum Gasteiger partial charge on any atom is 0.227 e. The Labute approximate surface area is 164 Å². The molecule has 0 saturated carbocycles. The largest absolute Gasteiger partial charge is 0.326 e. The van der Waals surface area contributed by atoms with Crippen LogP contribution in [0.25, 0.3) is 0 Å². The molecular weight excluding hydrogens is 364 g/mol. The van der Waals surface area contributed by atoms with Gasteiger partial charge in [-0.15, -0.1) is 6.42 Å². The van der Waals surface area contributed by atoms with Gasteiger partial charge in [0.1, 0.15) is 0 Å². The SMILES string of the molecule is C#CCN1CCC(C(=O)Nc2ccc(Sc3ccccc3)c(Cl)c2)CC1. The summed E-state index contributed by atoms with van der Waals surface area (Å²) >= 11 is 8.01. The van der Waals surface area contributed by atoms with Crippen LogP contribution in [0.3, 0.4) is 0 Å². The van der Waals surface area contributed by atoms with Gasteiger partial charge in [-0.05, 0) is 56.3 Å². The number of anilines is 1. The highest BCUT2D eigenvalue weighted by atomic mass is 35.5. The minimum Gasteiger partial charge on any atom is -0.326 e. The van der Waals surface area contributed by atoms with Crippen LogP contribution in [0, 0.1) is 18.3 Å². The van der Waals surface area contributed by atoms with E-state index in [1.54, 1.807) is 11.8 Å². The molecule has 0 bridgehead atoms. The summed E-state index contributed by atoms with van der Waals surface area (Å²) in [5, 5.41) is 3.64. The maximum atomic E-state index is 12.5. The van der Waals surface area contributed by atoms with E-state index in [4.69, 9.17) is 18.0 Å². The normalized spacial score (nSPS) is 15.4. The molecular formula is C21H21ClN2OS. The molecule has 134 valence electrons. The molecule has 1 aliphatic heterocycles. The van der Waals surface area contributed by atoms with Crippen LogP contribution in [0.4, 0.5) is 5.69 Å². The van der Waals surface area contributed by atoms with Gasteiger partial charge in [-0.1, -0.05) is 47.5 Å². The molecule has 5 heteroatoms. The number of carbonyl (C=O) groups is 1. The van der Waals surface area contributed by atoms with Crippen molar-refractivity contribution in [3.8, 4) is 12.3 Å². The first-order valence-corrected chi connectivity index (χ1v) is 9.84. The van der Waals surface area contributed by atoms with E-state index < -0.39 is 0 Å². The lowest BCUT2D eigenvalue weighted by molar-refractivity contribution is -0.121. The minimum absolute atomic E-state index is 0.0289. The van der Waals surface area contributed by atoms with Crippen molar-refractivity contribution in [1.29, 1.82) is 0 Å². The van der Waals surface area contributed by atoms with Crippen LogP contribution in [0.5, 0.6) is 0 Å². The number of nitrogens with zero attached hydrogens (tertiary/aromatic N) is 1. The van der Waals surface area contributed by atoms with E-state index in [9.17, 15) is 4.79 Å². The molecule has 0 atom stereocenters. The number of rotatable bonds is 5. The second-order valence-electron chi connectivity index (χ2n) is 6.30. The molecule has 0 unspecified atom stereocenters. The number of carbonyl (C=O) groups excluding carboxylic acids is 1. The van der Waals surface area contributed by atoms with Gasteiger partial charge >= 0.3 is 0 Å². The Morgan fingerprint density at radius 2 is 1.96 bits per heavy atom. The first-order valence-electron chi connectivity index (χ1n) is 8.65. The zero-order chi connectivity index (χ0) is 18.4. The van der Waals surface area contributed by atoms with Gasteiger partial charge in [0.25, 0.3) is 0 Å².